The number of carbonyl (C=O) groups is 1. The molecule has 0 radical (unpaired) electrons. The number of aromatic nitrogens is 1. The minimum atomic E-state index is -4.24. The number of aryl methyl sites for hydroxylation is 1. The fraction of sp³-hybridized carbons (Fsp3) is 0.217. The molecule has 0 spiro atoms. The van der Waals surface area contributed by atoms with Crippen molar-refractivity contribution in [2.75, 3.05) is 24.4 Å². The summed E-state index contributed by atoms with van der Waals surface area (Å²) in [5.41, 5.74) is 0.751. The quantitative estimate of drug-likeness (QED) is 0.211. The van der Waals surface area contributed by atoms with Crippen molar-refractivity contribution in [3.05, 3.63) is 76.0 Å². The van der Waals surface area contributed by atoms with Crippen LogP contribution < -0.4 is 9.46 Å². The van der Waals surface area contributed by atoms with Crippen molar-refractivity contribution in [3.8, 4) is 11.5 Å². The van der Waals surface area contributed by atoms with Gasteiger partial charge in [-0.15, -0.1) is 17.9 Å². The van der Waals surface area contributed by atoms with Gasteiger partial charge in [0.1, 0.15) is 28.5 Å². The second kappa shape index (κ2) is 12.5. The van der Waals surface area contributed by atoms with Crippen LogP contribution in [-0.4, -0.2) is 44.2 Å². The van der Waals surface area contributed by atoms with Crippen LogP contribution in [0.15, 0.2) is 59.5 Å². The fourth-order valence-corrected chi connectivity index (χ4v) is 5.57. The first-order valence-corrected chi connectivity index (χ1v) is 13.5. The molecule has 35 heavy (non-hydrogen) atoms. The maximum absolute atomic E-state index is 14.8. The Labute approximate surface area is 217 Å². The minimum absolute atomic E-state index is 0.0461. The number of nitrogens with one attached hydrogen (secondary N) is 1. The molecule has 1 heterocycles. The number of rotatable bonds is 13. The van der Waals surface area contributed by atoms with Gasteiger partial charge in [-0.2, -0.15) is 0 Å². The molecule has 0 bridgehead atoms. The number of halogens is 3. The van der Waals surface area contributed by atoms with E-state index >= 15 is 0 Å². The van der Waals surface area contributed by atoms with Crippen molar-refractivity contribution in [2.24, 2.45) is 0 Å². The molecule has 12 heteroatoms. The average Bonchev–Trinajstić information content (AvgIpc) is 3.30. The Balaban J connectivity index is 1.79. The van der Waals surface area contributed by atoms with E-state index in [-0.39, 0.29) is 15.9 Å². The van der Waals surface area contributed by atoms with Gasteiger partial charge < -0.3 is 9.53 Å². The number of hydrogen-bond acceptors (Lipinski definition) is 7. The van der Waals surface area contributed by atoms with Gasteiger partial charge >= 0.3 is 0 Å². The molecular weight excluding hydrogens is 536 g/mol. The molecule has 3 aromatic rings. The zero-order valence-corrected chi connectivity index (χ0v) is 21.6. The normalized spacial score (nSPS) is 11.4. The van der Waals surface area contributed by atoms with Gasteiger partial charge in [-0.1, -0.05) is 29.3 Å². The molecule has 0 fully saturated rings. The Hall–Kier alpha value is -2.50. The molecule has 0 saturated heterocycles. The lowest BCUT2D eigenvalue weighted by Gasteiger charge is -2.18. The standard InChI is InChI=1S/C23H22Cl2FN3O4S2/c1-2-8-29(10-11-30)9-3-4-16-13-17(24)5-6-20(16)33-21-15-19(26)22(14-18(21)25)35(31,32)28-23-27-7-12-34-23/h2,5-7,11-15H,1,3-4,8-10H2,(H,27,28). The molecular formula is C23H22Cl2FN3O4S2. The van der Waals surface area contributed by atoms with E-state index in [0.717, 1.165) is 35.3 Å². The number of benzene rings is 2. The number of thiazole rings is 1. The molecule has 1 aromatic heterocycles. The van der Waals surface area contributed by atoms with Crippen LogP contribution in [0.5, 0.6) is 11.5 Å². The summed E-state index contributed by atoms with van der Waals surface area (Å²) in [6.45, 7) is 5.22. The predicted octanol–water partition coefficient (Wildman–Crippen LogP) is 5.80. The third-order valence-electron chi connectivity index (χ3n) is 4.81. The summed E-state index contributed by atoms with van der Waals surface area (Å²) >= 11 is 13.5. The molecule has 2 aromatic carbocycles. The van der Waals surface area contributed by atoms with Crippen molar-refractivity contribution >= 4 is 56.0 Å². The van der Waals surface area contributed by atoms with E-state index in [4.69, 9.17) is 27.9 Å². The van der Waals surface area contributed by atoms with Crippen molar-refractivity contribution in [2.45, 2.75) is 17.7 Å². The number of sulfonamides is 1. The van der Waals surface area contributed by atoms with Crippen LogP contribution >= 0.6 is 34.5 Å². The molecule has 0 atom stereocenters. The largest absolute Gasteiger partial charge is 0.455 e. The highest BCUT2D eigenvalue weighted by molar-refractivity contribution is 7.93. The van der Waals surface area contributed by atoms with E-state index in [0.29, 0.717) is 43.2 Å². The Kier molecular flexibility index (Phi) is 9.64. The fourth-order valence-electron chi connectivity index (χ4n) is 3.24. The summed E-state index contributed by atoms with van der Waals surface area (Å²) in [6.07, 6.45) is 5.24. The summed E-state index contributed by atoms with van der Waals surface area (Å²) in [6, 6.07) is 6.90. The molecule has 0 amide bonds. The van der Waals surface area contributed by atoms with Gasteiger partial charge in [0.2, 0.25) is 0 Å². The Bertz CT molecular complexity index is 1280. The van der Waals surface area contributed by atoms with E-state index in [2.05, 4.69) is 16.3 Å². The number of carbonyl (C=O) groups excluding carboxylic acids is 1. The van der Waals surface area contributed by atoms with Gasteiger partial charge in [0, 0.05) is 29.2 Å². The summed E-state index contributed by atoms with van der Waals surface area (Å²) in [4.78, 5) is 16.0. The lowest BCUT2D eigenvalue weighted by Crippen LogP contribution is -2.27. The smallest absolute Gasteiger partial charge is 0.266 e. The molecule has 7 nitrogen and oxygen atoms in total. The summed E-state index contributed by atoms with van der Waals surface area (Å²) in [5, 5.41) is 2.10. The number of hydrogen-bond donors (Lipinski definition) is 1. The molecule has 186 valence electrons. The molecule has 0 unspecified atom stereocenters. The van der Waals surface area contributed by atoms with Gasteiger partial charge in [-0.3, -0.25) is 9.62 Å². The van der Waals surface area contributed by atoms with E-state index in [9.17, 15) is 17.6 Å². The van der Waals surface area contributed by atoms with Gasteiger partial charge in [0.05, 0.1) is 11.6 Å². The number of aldehydes is 1. The van der Waals surface area contributed by atoms with E-state index in [1.54, 1.807) is 29.7 Å². The van der Waals surface area contributed by atoms with Crippen molar-refractivity contribution in [1.82, 2.24) is 9.88 Å². The topological polar surface area (TPSA) is 88.6 Å². The monoisotopic (exact) mass is 557 g/mol. The van der Waals surface area contributed by atoms with Crippen molar-refractivity contribution in [1.29, 1.82) is 0 Å². The van der Waals surface area contributed by atoms with Crippen LogP contribution in [0.3, 0.4) is 0 Å². The van der Waals surface area contributed by atoms with Gasteiger partial charge in [0.15, 0.2) is 5.13 Å². The highest BCUT2D eigenvalue weighted by atomic mass is 35.5. The third kappa shape index (κ3) is 7.49. The minimum Gasteiger partial charge on any atom is -0.455 e. The van der Waals surface area contributed by atoms with Gasteiger partial charge in [-0.05, 0) is 49.2 Å². The molecule has 0 aliphatic rings. The second-order valence-corrected chi connectivity index (χ2v) is 10.7. The lowest BCUT2D eigenvalue weighted by atomic mass is 10.1. The number of nitrogens with zero attached hydrogens (tertiary/aromatic N) is 2. The SMILES string of the molecule is C=CCN(CC=O)CCCc1cc(Cl)ccc1Oc1cc(F)c(S(=O)(=O)Nc2nccs2)cc1Cl. The van der Waals surface area contributed by atoms with Crippen LogP contribution in [0.1, 0.15) is 12.0 Å². The van der Waals surface area contributed by atoms with E-state index < -0.39 is 20.7 Å². The van der Waals surface area contributed by atoms with Crippen molar-refractivity contribution in [3.63, 3.8) is 0 Å². The predicted molar refractivity (Wildman–Crippen MR) is 137 cm³/mol. The molecule has 0 aliphatic heterocycles. The molecule has 0 saturated carbocycles. The van der Waals surface area contributed by atoms with Gasteiger partial charge in [0.25, 0.3) is 10.0 Å². The zero-order valence-electron chi connectivity index (χ0n) is 18.4. The second-order valence-electron chi connectivity index (χ2n) is 7.33. The van der Waals surface area contributed by atoms with Crippen LogP contribution in [0.4, 0.5) is 9.52 Å². The Morgan fingerprint density at radius 2 is 2.00 bits per heavy atom. The lowest BCUT2D eigenvalue weighted by molar-refractivity contribution is -0.108. The maximum atomic E-state index is 14.8. The third-order valence-corrected chi connectivity index (χ3v) is 7.52. The molecule has 3 rings (SSSR count). The van der Waals surface area contributed by atoms with Crippen molar-refractivity contribution < 1.29 is 22.3 Å². The highest BCUT2D eigenvalue weighted by Crippen LogP contribution is 2.36. The van der Waals surface area contributed by atoms with Crippen LogP contribution in [-0.2, 0) is 21.2 Å². The first-order chi connectivity index (χ1) is 16.7. The molecule has 1 N–H and O–H groups in total. The Morgan fingerprint density at radius 1 is 1.20 bits per heavy atom. The zero-order chi connectivity index (χ0) is 25.4. The average molecular weight is 558 g/mol. The highest BCUT2D eigenvalue weighted by Gasteiger charge is 2.23. The maximum Gasteiger partial charge on any atom is 0.266 e. The summed E-state index contributed by atoms with van der Waals surface area (Å²) < 4.78 is 48.0. The Morgan fingerprint density at radius 3 is 2.69 bits per heavy atom. The summed E-state index contributed by atoms with van der Waals surface area (Å²) in [7, 11) is -4.24. The van der Waals surface area contributed by atoms with Crippen LogP contribution in [0.2, 0.25) is 10.0 Å². The van der Waals surface area contributed by atoms with Crippen LogP contribution in [0.25, 0.3) is 0 Å². The van der Waals surface area contributed by atoms with E-state index in [1.165, 1.54) is 6.20 Å². The summed E-state index contributed by atoms with van der Waals surface area (Å²) in [5.74, 6) is -0.675. The first-order valence-electron chi connectivity index (χ1n) is 10.4. The number of anilines is 1. The molecule has 0 aliphatic carbocycles. The van der Waals surface area contributed by atoms with Crippen LogP contribution in [0, 0.1) is 5.82 Å². The van der Waals surface area contributed by atoms with Gasteiger partial charge in [-0.25, -0.2) is 17.8 Å². The number of ether oxygens (including phenoxy) is 1. The van der Waals surface area contributed by atoms with E-state index in [1.807, 2.05) is 4.90 Å². The first kappa shape index (κ1) is 27.1.